The molecule has 4 rings (SSSR count). The molecule has 1 aliphatic heterocycles. The number of carbonyl (C=O) groups excluding carboxylic acids is 1. The van der Waals surface area contributed by atoms with Crippen molar-refractivity contribution in [1.29, 1.82) is 0 Å². The molecule has 7 heteroatoms. The first-order valence-electron chi connectivity index (χ1n) is 11.6. The molecule has 6 nitrogen and oxygen atoms in total. The third-order valence-corrected chi connectivity index (χ3v) is 7.26. The molecule has 3 aromatic rings. The average molecular weight is 465 g/mol. The van der Waals surface area contributed by atoms with Gasteiger partial charge in [0.1, 0.15) is 15.6 Å². The van der Waals surface area contributed by atoms with Crippen molar-refractivity contribution in [3.05, 3.63) is 58.6 Å². The number of ether oxygens (including phenoxy) is 1. The van der Waals surface area contributed by atoms with E-state index >= 15 is 0 Å². The zero-order valence-corrected chi connectivity index (χ0v) is 20.7. The van der Waals surface area contributed by atoms with E-state index in [1.165, 1.54) is 17.0 Å². The summed E-state index contributed by atoms with van der Waals surface area (Å²) < 4.78 is 5.51. The molecule has 0 spiro atoms. The molecule has 33 heavy (non-hydrogen) atoms. The Hall–Kier alpha value is -2.90. The van der Waals surface area contributed by atoms with E-state index in [0.29, 0.717) is 11.5 Å². The largest absolute Gasteiger partial charge is 0.494 e. The number of benzene rings is 2. The van der Waals surface area contributed by atoms with Crippen LogP contribution in [0.2, 0.25) is 0 Å². The Balaban J connectivity index is 1.45. The number of amides is 1. The number of thiazole rings is 1. The summed E-state index contributed by atoms with van der Waals surface area (Å²) in [6.45, 7) is 14.1. The second kappa shape index (κ2) is 10.4. The molecule has 0 radical (unpaired) electrons. The molecule has 0 bridgehead atoms. The van der Waals surface area contributed by atoms with E-state index in [-0.39, 0.29) is 5.91 Å². The van der Waals surface area contributed by atoms with Crippen molar-refractivity contribution in [2.24, 2.45) is 0 Å². The number of anilines is 2. The second-order valence-corrected chi connectivity index (χ2v) is 9.26. The van der Waals surface area contributed by atoms with Crippen LogP contribution in [0, 0.1) is 13.8 Å². The van der Waals surface area contributed by atoms with E-state index < -0.39 is 0 Å². The summed E-state index contributed by atoms with van der Waals surface area (Å²) in [6.07, 6.45) is 0. The molecule has 0 saturated carbocycles. The highest BCUT2D eigenvalue weighted by atomic mass is 32.1. The van der Waals surface area contributed by atoms with Gasteiger partial charge in [-0.2, -0.15) is 0 Å². The Morgan fingerprint density at radius 1 is 1.06 bits per heavy atom. The van der Waals surface area contributed by atoms with Crippen molar-refractivity contribution in [3.8, 4) is 16.3 Å². The molecule has 0 atom stereocenters. The molecule has 1 amide bonds. The number of rotatable bonds is 7. The van der Waals surface area contributed by atoms with Crippen molar-refractivity contribution >= 4 is 28.6 Å². The van der Waals surface area contributed by atoms with Crippen LogP contribution in [0.25, 0.3) is 10.6 Å². The lowest BCUT2D eigenvalue weighted by Crippen LogP contribution is -2.46. The minimum atomic E-state index is -0.116. The number of aryl methyl sites for hydroxylation is 2. The van der Waals surface area contributed by atoms with Gasteiger partial charge in [-0.15, -0.1) is 11.3 Å². The predicted molar refractivity (Wildman–Crippen MR) is 137 cm³/mol. The van der Waals surface area contributed by atoms with Crippen LogP contribution >= 0.6 is 11.3 Å². The van der Waals surface area contributed by atoms with E-state index in [4.69, 9.17) is 4.74 Å². The quantitative estimate of drug-likeness (QED) is 0.520. The number of aromatic nitrogens is 1. The van der Waals surface area contributed by atoms with Gasteiger partial charge in [-0.25, -0.2) is 4.98 Å². The van der Waals surface area contributed by atoms with Crippen LogP contribution in [0.4, 0.5) is 11.4 Å². The molecule has 174 valence electrons. The number of piperazine rings is 1. The van der Waals surface area contributed by atoms with Crippen molar-refractivity contribution in [1.82, 2.24) is 9.88 Å². The summed E-state index contributed by atoms with van der Waals surface area (Å²) in [5.41, 5.74) is 4.84. The van der Waals surface area contributed by atoms with Gasteiger partial charge >= 0.3 is 0 Å². The highest BCUT2D eigenvalue weighted by Gasteiger charge is 2.19. The smallest absolute Gasteiger partial charge is 0.267 e. The van der Waals surface area contributed by atoms with Crippen LogP contribution in [-0.4, -0.2) is 55.1 Å². The van der Waals surface area contributed by atoms with E-state index in [9.17, 15) is 4.79 Å². The maximum absolute atomic E-state index is 13.1. The highest BCUT2D eigenvalue weighted by molar-refractivity contribution is 7.17. The normalized spacial score (nSPS) is 14.4. The molecular formula is C26H32N4O2S. The van der Waals surface area contributed by atoms with Gasteiger partial charge in [0.2, 0.25) is 0 Å². The lowest BCUT2D eigenvalue weighted by Gasteiger charge is -2.35. The lowest BCUT2D eigenvalue weighted by molar-refractivity contribution is 0.102. The highest BCUT2D eigenvalue weighted by Crippen LogP contribution is 2.31. The van der Waals surface area contributed by atoms with Crippen LogP contribution in [0.15, 0.2) is 42.5 Å². The Kier molecular flexibility index (Phi) is 7.30. The van der Waals surface area contributed by atoms with Gasteiger partial charge in [-0.1, -0.05) is 6.92 Å². The molecule has 1 aromatic heterocycles. The average Bonchev–Trinajstić information content (AvgIpc) is 3.23. The maximum atomic E-state index is 13.1. The third-order valence-electron chi connectivity index (χ3n) is 6.06. The monoisotopic (exact) mass is 464 g/mol. The first-order valence-corrected chi connectivity index (χ1v) is 12.4. The molecule has 0 aliphatic carbocycles. The number of hydrogen-bond donors (Lipinski definition) is 1. The molecule has 2 aromatic carbocycles. The number of carbonyl (C=O) groups is 1. The SMILES string of the molecule is CCOc1ccc(-c2nc(C)c(C(=O)Nc3ccc(N4CCN(CC)CC4)cc3C)s2)cc1. The summed E-state index contributed by atoms with van der Waals surface area (Å²) in [5, 5.41) is 3.92. The minimum Gasteiger partial charge on any atom is -0.494 e. The fourth-order valence-corrected chi connectivity index (χ4v) is 5.04. The molecule has 1 N–H and O–H groups in total. The molecule has 1 fully saturated rings. The topological polar surface area (TPSA) is 57.7 Å². The van der Waals surface area contributed by atoms with Gasteiger partial charge in [0.05, 0.1) is 12.3 Å². The minimum absolute atomic E-state index is 0.116. The molecule has 1 aliphatic rings. The van der Waals surface area contributed by atoms with Crippen LogP contribution in [0.5, 0.6) is 5.75 Å². The fraction of sp³-hybridized carbons (Fsp3) is 0.385. The van der Waals surface area contributed by atoms with Gasteiger partial charge in [-0.3, -0.25) is 4.79 Å². The Morgan fingerprint density at radius 3 is 2.42 bits per heavy atom. The first kappa shape index (κ1) is 23.3. The number of hydrogen-bond acceptors (Lipinski definition) is 6. The van der Waals surface area contributed by atoms with Crippen LogP contribution in [-0.2, 0) is 0 Å². The third kappa shape index (κ3) is 5.37. The predicted octanol–water partition coefficient (Wildman–Crippen LogP) is 5.22. The summed E-state index contributed by atoms with van der Waals surface area (Å²) >= 11 is 1.42. The van der Waals surface area contributed by atoms with Crippen LogP contribution < -0.4 is 15.0 Å². The Bertz CT molecular complexity index is 1100. The summed E-state index contributed by atoms with van der Waals surface area (Å²) in [7, 11) is 0. The summed E-state index contributed by atoms with van der Waals surface area (Å²) in [6, 6.07) is 14.1. The van der Waals surface area contributed by atoms with Gasteiger partial charge < -0.3 is 19.9 Å². The Labute approximate surface area is 200 Å². The van der Waals surface area contributed by atoms with E-state index in [2.05, 4.69) is 39.2 Å². The zero-order chi connectivity index (χ0) is 23.4. The number of nitrogens with zero attached hydrogens (tertiary/aromatic N) is 3. The van der Waals surface area contributed by atoms with Crippen molar-refractivity contribution in [3.63, 3.8) is 0 Å². The van der Waals surface area contributed by atoms with Gasteiger partial charge in [-0.05, 0) is 75.3 Å². The van der Waals surface area contributed by atoms with E-state index in [0.717, 1.165) is 66.0 Å². The van der Waals surface area contributed by atoms with Crippen molar-refractivity contribution in [2.75, 3.05) is 49.5 Å². The second-order valence-electron chi connectivity index (χ2n) is 8.27. The zero-order valence-electron chi connectivity index (χ0n) is 19.9. The summed E-state index contributed by atoms with van der Waals surface area (Å²) in [5.74, 6) is 0.716. The number of nitrogens with one attached hydrogen (secondary N) is 1. The molecular weight excluding hydrogens is 432 g/mol. The van der Waals surface area contributed by atoms with Crippen molar-refractivity contribution < 1.29 is 9.53 Å². The lowest BCUT2D eigenvalue weighted by atomic mass is 10.1. The first-order chi connectivity index (χ1) is 16.0. The summed E-state index contributed by atoms with van der Waals surface area (Å²) in [4.78, 5) is 23.2. The van der Waals surface area contributed by atoms with Crippen LogP contribution in [0.3, 0.4) is 0 Å². The standard InChI is InChI=1S/C26H32N4O2S/c1-5-29-13-15-30(16-14-29)21-9-12-23(18(3)17-21)28-25(31)24-19(4)27-26(33-24)20-7-10-22(11-8-20)32-6-2/h7-12,17H,5-6,13-16H2,1-4H3,(H,28,31). The molecule has 2 heterocycles. The van der Waals surface area contributed by atoms with Gasteiger partial charge in [0.15, 0.2) is 0 Å². The fourth-order valence-electron chi connectivity index (χ4n) is 4.08. The van der Waals surface area contributed by atoms with Gasteiger partial charge in [0, 0.05) is 43.1 Å². The van der Waals surface area contributed by atoms with Crippen molar-refractivity contribution in [2.45, 2.75) is 27.7 Å². The number of likely N-dealkylation sites (N-methyl/N-ethyl adjacent to an activating group) is 1. The van der Waals surface area contributed by atoms with Gasteiger partial charge in [0.25, 0.3) is 5.91 Å². The van der Waals surface area contributed by atoms with E-state index in [1.807, 2.05) is 51.1 Å². The maximum Gasteiger partial charge on any atom is 0.267 e. The Morgan fingerprint density at radius 2 is 1.79 bits per heavy atom. The van der Waals surface area contributed by atoms with Crippen LogP contribution in [0.1, 0.15) is 34.8 Å². The molecule has 0 unspecified atom stereocenters. The van der Waals surface area contributed by atoms with E-state index in [1.54, 1.807) is 0 Å². The molecule has 1 saturated heterocycles.